The van der Waals surface area contributed by atoms with Gasteiger partial charge in [0.15, 0.2) is 0 Å². The van der Waals surface area contributed by atoms with Crippen LogP contribution in [0, 0.1) is 6.92 Å². The van der Waals surface area contributed by atoms with Crippen molar-refractivity contribution in [2.75, 3.05) is 42.8 Å². The van der Waals surface area contributed by atoms with Gasteiger partial charge in [0.2, 0.25) is 5.91 Å². The van der Waals surface area contributed by atoms with Crippen LogP contribution in [0.15, 0.2) is 30.5 Å². The molecule has 0 aromatic carbocycles. The number of rotatable bonds is 8. The highest BCUT2D eigenvalue weighted by atomic mass is 32.2. The van der Waals surface area contributed by atoms with Gasteiger partial charge in [-0.3, -0.25) is 19.2 Å². The Morgan fingerprint density at radius 2 is 2.00 bits per heavy atom. The van der Waals surface area contributed by atoms with E-state index in [0.717, 1.165) is 5.56 Å². The number of carbonyl (C=O) groups excluding carboxylic acids is 2. The minimum Gasteiger partial charge on any atom is -0.354 e. The lowest BCUT2D eigenvalue weighted by Gasteiger charge is -2.34. The molecular weight excluding hydrogens is 434 g/mol. The monoisotopic (exact) mass is 461 g/mol. The number of nitrogens with one attached hydrogen (secondary N) is 3. The van der Waals surface area contributed by atoms with Crippen LogP contribution in [0.2, 0.25) is 0 Å². The van der Waals surface area contributed by atoms with Crippen molar-refractivity contribution in [3.05, 3.63) is 47.4 Å². The fourth-order valence-corrected chi connectivity index (χ4v) is 4.29. The zero-order valence-electron chi connectivity index (χ0n) is 18.3. The summed E-state index contributed by atoms with van der Waals surface area (Å²) in [5, 5.41) is 2.53. The molecule has 3 N–H and O–H groups in total. The first-order valence-electron chi connectivity index (χ1n) is 10.2. The highest BCUT2D eigenvalue weighted by molar-refractivity contribution is 7.90. The molecule has 1 aliphatic rings. The normalized spacial score (nSPS) is 15.0. The quantitative estimate of drug-likeness (QED) is 0.513. The molecule has 2 aromatic heterocycles. The first kappa shape index (κ1) is 23.6. The van der Waals surface area contributed by atoms with Gasteiger partial charge in [0.05, 0.1) is 17.9 Å². The maximum Gasteiger partial charge on any atom is 0.300 e. The number of anilines is 2. The van der Waals surface area contributed by atoms with Crippen molar-refractivity contribution in [1.82, 2.24) is 24.9 Å². The molecule has 0 unspecified atom stereocenters. The van der Waals surface area contributed by atoms with E-state index in [4.69, 9.17) is 0 Å². The molecule has 1 fully saturated rings. The summed E-state index contributed by atoms with van der Waals surface area (Å²) in [5.41, 5.74) is 2.44. The molecule has 172 valence electrons. The van der Waals surface area contributed by atoms with Gasteiger partial charge in [-0.2, -0.15) is 13.1 Å². The number of pyridine rings is 2. The van der Waals surface area contributed by atoms with E-state index in [1.807, 2.05) is 4.90 Å². The third kappa shape index (κ3) is 5.78. The summed E-state index contributed by atoms with van der Waals surface area (Å²) < 4.78 is 28.5. The number of nitrogens with zero attached hydrogens (tertiary/aromatic N) is 4. The minimum atomic E-state index is -3.66. The SMILES string of the molecule is CCNS(=O)(=O)Nc1cc(CN2CCN(c3ccc(C(=O)NC)nc3C)C(=O)C2)ccn1. The number of carbonyl (C=O) groups is 2. The number of aromatic nitrogens is 2. The van der Waals surface area contributed by atoms with Gasteiger partial charge >= 0.3 is 0 Å². The summed E-state index contributed by atoms with van der Waals surface area (Å²) in [6.07, 6.45) is 1.53. The third-order valence-corrected chi connectivity index (χ3v) is 6.06. The lowest BCUT2D eigenvalue weighted by atomic mass is 10.2. The average molecular weight is 462 g/mol. The Labute approximate surface area is 187 Å². The number of hydrogen-bond acceptors (Lipinski definition) is 7. The van der Waals surface area contributed by atoms with Gasteiger partial charge in [-0.1, -0.05) is 6.92 Å². The second kappa shape index (κ2) is 10.0. The van der Waals surface area contributed by atoms with Crippen molar-refractivity contribution in [3.8, 4) is 0 Å². The Hall–Kier alpha value is -3.09. The molecule has 32 heavy (non-hydrogen) atoms. The van der Waals surface area contributed by atoms with Crippen LogP contribution in [-0.2, 0) is 21.5 Å². The van der Waals surface area contributed by atoms with E-state index in [1.54, 1.807) is 50.1 Å². The number of amides is 2. The van der Waals surface area contributed by atoms with E-state index in [-0.39, 0.29) is 30.7 Å². The summed E-state index contributed by atoms with van der Waals surface area (Å²) in [6.45, 7) is 5.52. The molecule has 0 aliphatic carbocycles. The van der Waals surface area contributed by atoms with Crippen LogP contribution in [0.3, 0.4) is 0 Å². The predicted octanol–water partition coefficient (Wildman–Crippen LogP) is 0.260. The molecule has 11 nitrogen and oxygen atoms in total. The first-order chi connectivity index (χ1) is 15.2. The summed E-state index contributed by atoms with van der Waals surface area (Å²) >= 11 is 0. The van der Waals surface area contributed by atoms with Gasteiger partial charge in [-0.25, -0.2) is 9.97 Å². The summed E-state index contributed by atoms with van der Waals surface area (Å²) in [7, 11) is -2.12. The molecule has 3 heterocycles. The van der Waals surface area contributed by atoms with Crippen molar-refractivity contribution in [2.24, 2.45) is 0 Å². The topological polar surface area (TPSA) is 137 Å². The van der Waals surface area contributed by atoms with Crippen molar-refractivity contribution in [3.63, 3.8) is 0 Å². The smallest absolute Gasteiger partial charge is 0.300 e. The summed E-state index contributed by atoms with van der Waals surface area (Å²) in [6, 6.07) is 6.78. The molecule has 0 spiro atoms. The summed E-state index contributed by atoms with van der Waals surface area (Å²) in [5.74, 6) is -0.137. The van der Waals surface area contributed by atoms with Crippen LogP contribution in [-0.4, -0.2) is 68.3 Å². The molecular formula is C20H27N7O4S. The Kier molecular flexibility index (Phi) is 7.38. The van der Waals surface area contributed by atoms with E-state index in [9.17, 15) is 18.0 Å². The Morgan fingerprint density at radius 1 is 1.22 bits per heavy atom. The molecule has 2 amide bonds. The predicted molar refractivity (Wildman–Crippen MR) is 120 cm³/mol. The van der Waals surface area contributed by atoms with Crippen LogP contribution < -0.4 is 19.7 Å². The minimum absolute atomic E-state index is 0.0732. The number of piperazine rings is 1. The van der Waals surface area contributed by atoms with E-state index in [2.05, 4.69) is 24.7 Å². The van der Waals surface area contributed by atoms with E-state index >= 15 is 0 Å². The van der Waals surface area contributed by atoms with Gasteiger partial charge in [-0.15, -0.1) is 0 Å². The average Bonchev–Trinajstić information content (AvgIpc) is 2.73. The van der Waals surface area contributed by atoms with Gasteiger partial charge in [-0.05, 0) is 36.8 Å². The molecule has 12 heteroatoms. The molecule has 0 atom stereocenters. The van der Waals surface area contributed by atoms with Crippen LogP contribution in [0.25, 0.3) is 0 Å². The number of hydrogen-bond donors (Lipinski definition) is 3. The van der Waals surface area contributed by atoms with Crippen LogP contribution in [0.5, 0.6) is 0 Å². The first-order valence-corrected chi connectivity index (χ1v) is 11.7. The lowest BCUT2D eigenvalue weighted by molar-refractivity contribution is -0.121. The maximum atomic E-state index is 12.8. The summed E-state index contributed by atoms with van der Waals surface area (Å²) in [4.78, 5) is 36.6. The fraction of sp³-hybridized carbons (Fsp3) is 0.400. The van der Waals surface area contributed by atoms with Crippen molar-refractivity contribution >= 4 is 33.5 Å². The van der Waals surface area contributed by atoms with Gasteiger partial charge in [0.25, 0.3) is 16.1 Å². The lowest BCUT2D eigenvalue weighted by Crippen LogP contribution is -2.50. The highest BCUT2D eigenvalue weighted by Crippen LogP contribution is 2.22. The zero-order valence-corrected chi connectivity index (χ0v) is 19.1. The molecule has 0 radical (unpaired) electrons. The fourth-order valence-electron chi connectivity index (χ4n) is 3.46. The van der Waals surface area contributed by atoms with E-state index in [0.29, 0.717) is 36.7 Å². The second-order valence-electron chi connectivity index (χ2n) is 7.29. The second-order valence-corrected chi connectivity index (χ2v) is 8.79. The molecule has 0 saturated carbocycles. The Balaban J connectivity index is 1.65. The number of aryl methyl sites for hydroxylation is 1. The van der Waals surface area contributed by atoms with Crippen LogP contribution in [0.4, 0.5) is 11.5 Å². The van der Waals surface area contributed by atoms with Gasteiger partial charge in [0.1, 0.15) is 11.5 Å². The molecule has 0 bridgehead atoms. The molecule has 1 saturated heterocycles. The molecule has 3 rings (SSSR count). The Morgan fingerprint density at radius 3 is 2.66 bits per heavy atom. The van der Waals surface area contributed by atoms with Crippen molar-refractivity contribution < 1.29 is 18.0 Å². The highest BCUT2D eigenvalue weighted by Gasteiger charge is 2.27. The largest absolute Gasteiger partial charge is 0.354 e. The van der Waals surface area contributed by atoms with E-state index in [1.165, 1.54) is 6.20 Å². The third-order valence-electron chi connectivity index (χ3n) is 4.91. The van der Waals surface area contributed by atoms with Crippen LogP contribution >= 0.6 is 0 Å². The van der Waals surface area contributed by atoms with Crippen molar-refractivity contribution in [1.29, 1.82) is 0 Å². The van der Waals surface area contributed by atoms with E-state index < -0.39 is 10.2 Å². The van der Waals surface area contributed by atoms with Crippen LogP contribution in [0.1, 0.15) is 28.7 Å². The van der Waals surface area contributed by atoms with Gasteiger partial charge in [0, 0.05) is 39.4 Å². The van der Waals surface area contributed by atoms with Crippen molar-refractivity contribution in [2.45, 2.75) is 20.4 Å². The standard InChI is InChI=1S/C20H27N7O4S/c1-4-23-32(30,31)25-18-11-15(7-8-22-18)12-26-9-10-27(19(28)13-26)17-6-5-16(20(29)21-3)24-14(17)2/h5-8,11,23H,4,9-10,12-13H2,1-3H3,(H,21,29)(H,22,25). The van der Waals surface area contributed by atoms with Gasteiger partial charge < -0.3 is 10.2 Å². The Bertz CT molecular complexity index is 1110. The zero-order chi connectivity index (χ0) is 23.3. The molecule has 2 aromatic rings. The maximum absolute atomic E-state index is 12.8. The molecule has 1 aliphatic heterocycles.